The highest BCUT2D eigenvalue weighted by molar-refractivity contribution is 6.42. The van der Waals surface area contributed by atoms with Crippen LogP contribution in [0.15, 0.2) is 23.3 Å². The van der Waals surface area contributed by atoms with Gasteiger partial charge in [0.05, 0.1) is 5.03 Å². The maximum atomic E-state index is 11.7. The molecule has 0 spiro atoms. The van der Waals surface area contributed by atoms with Gasteiger partial charge in [0.15, 0.2) is 11.6 Å². The van der Waals surface area contributed by atoms with E-state index in [1.54, 1.807) is 6.92 Å². The Hall–Kier alpha value is -0.960. The van der Waals surface area contributed by atoms with Crippen LogP contribution in [0.3, 0.4) is 0 Å². The van der Waals surface area contributed by atoms with Gasteiger partial charge in [0.1, 0.15) is 6.67 Å². The topological polar surface area (TPSA) is 34.1 Å². The van der Waals surface area contributed by atoms with Crippen LogP contribution in [0.4, 0.5) is 4.39 Å². The van der Waals surface area contributed by atoms with Crippen molar-refractivity contribution in [1.29, 1.82) is 0 Å². The van der Waals surface area contributed by atoms with Crippen LogP contribution in [0.1, 0.15) is 20.3 Å². The Morgan fingerprint density at radius 1 is 1.47 bits per heavy atom. The minimum atomic E-state index is -0.650. The van der Waals surface area contributed by atoms with Crippen molar-refractivity contribution in [3.8, 4) is 0 Å². The maximum absolute atomic E-state index is 11.7. The molecule has 1 unspecified atom stereocenters. The van der Waals surface area contributed by atoms with Gasteiger partial charge < -0.3 is 0 Å². The number of Topliss-reactive ketones (excluding diaryl/α,β-unsaturated/α-hetero) is 1. The van der Waals surface area contributed by atoms with Gasteiger partial charge in [-0.3, -0.25) is 9.59 Å². The van der Waals surface area contributed by atoms with Gasteiger partial charge in [0.25, 0.3) is 0 Å². The summed E-state index contributed by atoms with van der Waals surface area (Å²) in [7, 11) is 0. The van der Waals surface area contributed by atoms with Crippen LogP contribution in [-0.4, -0.2) is 18.2 Å². The number of allylic oxidation sites excluding steroid dienone is 4. The average molecular weight is 233 g/mol. The van der Waals surface area contributed by atoms with E-state index in [2.05, 4.69) is 0 Å². The van der Waals surface area contributed by atoms with Crippen LogP contribution >= 0.6 is 11.6 Å². The van der Waals surface area contributed by atoms with Crippen molar-refractivity contribution in [2.75, 3.05) is 6.67 Å². The Morgan fingerprint density at radius 2 is 2.07 bits per heavy atom. The Labute approximate surface area is 93.8 Å². The van der Waals surface area contributed by atoms with Gasteiger partial charge in [0.2, 0.25) is 0 Å². The molecule has 0 radical (unpaired) electrons. The Kier molecular flexibility index (Phi) is 6.88. The largest absolute Gasteiger partial charge is 0.295 e. The number of rotatable bonds is 6. The van der Waals surface area contributed by atoms with Crippen molar-refractivity contribution >= 4 is 23.2 Å². The molecule has 1 atom stereocenters. The molecule has 4 heteroatoms. The molecule has 0 rings (SSSR count). The SMILES string of the molecule is CC(=O)/C(Cl)=C/CC(C)C(=O)/C=C/CF. The normalized spacial score (nSPS) is 14.3. The fourth-order valence-corrected chi connectivity index (χ4v) is 0.954. The Morgan fingerprint density at radius 3 is 2.53 bits per heavy atom. The van der Waals surface area contributed by atoms with Gasteiger partial charge in [-0.05, 0) is 12.5 Å². The number of halogens is 2. The molecule has 0 aliphatic heterocycles. The van der Waals surface area contributed by atoms with E-state index in [1.807, 2.05) is 0 Å². The average Bonchev–Trinajstić information content (AvgIpc) is 2.21. The van der Waals surface area contributed by atoms with Crippen LogP contribution in [-0.2, 0) is 9.59 Å². The number of alkyl halides is 1. The Balaban J connectivity index is 4.20. The second-order valence-electron chi connectivity index (χ2n) is 3.20. The summed E-state index contributed by atoms with van der Waals surface area (Å²) in [4.78, 5) is 22.0. The summed E-state index contributed by atoms with van der Waals surface area (Å²) in [6.07, 6.45) is 4.26. The first kappa shape index (κ1) is 14.0. The molecule has 0 aromatic heterocycles. The van der Waals surface area contributed by atoms with Gasteiger partial charge in [-0.2, -0.15) is 0 Å². The predicted octanol–water partition coefficient (Wildman–Crippen LogP) is 2.82. The highest BCUT2D eigenvalue weighted by Gasteiger charge is 2.09. The lowest BCUT2D eigenvalue weighted by molar-refractivity contribution is -0.117. The summed E-state index contributed by atoms with van der Waals surface area (Å²) >= 11 is 5.59. The van der Waals surface area contributed by atoms with Gasteiger partial charge in [-0.1, -0.05) is 30.7 Å². The third-order valence-electron chi connectivity index (χ3n) is 1.84. The van der Waals surface area contributed by atoms with E-state index in [-0.39, 0.29) is 22.5 Å². The van der Waals surface area contributed by atoms with Crippen molar-refractivity contribution in [1.82, 2.24) is 0 Å². The highest BCUT2D eigenvalue weighted by Crippen LogP contribution is 2.11. The van der Waals surface area contributed by atoms with Gasteiger partial charge >= 0.3 is 0 Å². The summed E-state index contributed by atoms with van der Waals surface area (Å²) in [5, 5.41) is 0.129. The van der Waals surface area contributed by atoms with Crippen LogP contribution in [0, 0.1) is 5.92 Å². The van der Waals surface area contributed by atoms with E-state index in [9.17, 15) is 14.0 Å². The molecule has 0 N–H and O–H groups in total. The number of carbonyl (C=O) groups is 2. The van der Waals surface area contributed by atoms with Crippen LogP contribution < -0.4 is 0 Å². The molecule has 0 aromatic carbocycles. The summed E-state index contributed by atoms with van der Waals surface area (Å²) in [6, 6.07) is 0. The van der Waals surface area contributed by atoms with Crippen LogP contribution in [0.2, 0.25) is 0 Å². The number of carbonyl (C=O) groups excluding carboxylic acids is 2. The highest BCUT2D eigenvalue weighted by atomic mass is 35.5. The summed E-state index contributed by atoms with van der Waals surface area (Å²) in [5.41, 5.74) is 0. The second-order valence-corrected chi connectivity index (χ2v) is 3.61. The summed E-state index contributed by atoms with van der Waals surface area (Å²) in [5.74, 6) is -0.687. The molecule has 0 saturated heterocycles. The molecule has 0 heterocycles. The van der Waals surface area contributed by atoms with E-state index >= 15 is 0 Å². The smallest absolute Gasteiger partial charge is 0.170 e. The fourth-order valence-electron chi connectivity index (χ4n) is 0.865. The summed E-state index contributed by atoms with van der Waals surface area (Å²) in [6.45, 7) is 2.41. The third-order valence-corrected chi connectivity index (χ3v) is 2.26. The van der Waals surface area contributed by atoms with E-state index < -0.39 is 6.67 Å². The number of hydrogen-bond donors (Lipinski definition) is 0. The summed E-state index contributed by atoms with van der Waals surface area (Å²) < 4.78 is 11.7. The molecule has 0 aliphatic rings. The number of hydrogen-bond acceptors (Lipinski definition) is 2. The zero-order chi connectivity index (χ0) is 11.8. The van der Waals surface area contributed by atoms with E-state index in [1.165, 1.54) is 19.1 Å². The van der Waals surface area contributed by atoms with E-state index in [0.717, 1.165) is 6.08 Å². The molecular weight excluding hydrogens is 219 g/mol. The minimum Gasteiger partial charge on any atom is -0.295 e. The fraction of sp³-hybridized carbons (Fsp3) is 0.455. The molecule has 15 heavy (non-hydrogen) atoms. The lowest BCUT2D eigenvalue weighted by atomic mass is 10.0. The van der Waals surface area contributed by atoms with Crippen molar-refractivity contribution in [3.63, 3.8) is 0 Å². The molecule has 2 nitrogen and oxygen atoms in total. The quantitative estimate of drug-likeness (QED) is 0.660. The zero-order valence-corrected chi connectivity index (χ0v) is 9.55. The number of ketones is 2. The standard InChI is InChI=1S/C11H14ClFO2/c1-8(11(15)4-3-7-13)5-6-10(12)9(2)14/h3-4,6,8H,5,7H2,1-2H3/b4-3+,10-6-. The Bertz CT molecular complexity index is 295. The zero-order valence-electron chi connectivity index (χ0n) is 8.80. The second kappa shape index (κ2) is 7.35. The molecule has 84 valence electrons. The first-order chi connectivity index (χ1) is 6.99. The van der Waals surface area contributed by atoms with Gasteiger partial charge in [0, 0.05) is 12.8 Å². The van der Waals surface area contributed by atoms with Crippen LogP contribution in [0.5, 0.6) is 0 Å². The van der Waals surface area contributed by atoms with Crippen molar-refractivity contribution in [2.24, 2.45) is 5.92 Å². The predicted molar refractivity (Wildman–Crippen MR) is 58.5 cm³/mol. The first-order valence-corrected chi connectivity index (χ1v) is 4.99. The van der Waals surface area contributed by atoms with Crippen molar-refractivity contribution < 1.29 is 14.0 Å². The van der Waals surface area contributed by atoms with Crippen LogP contribution in [0.25, 0.3) is 0 Å². The molecular formula is C11H14ClFO2. The van der Waals surface area contributed by atoms with E-state index in [0.29, 0.717) is 6.42 Å². The molecule has 0 saturated carbocycles. The molecule has 0 fully saturated rings. The lowest BCUT2D eigenvalue weighted by Gasteiger charge is -2.03. The first-order valence-electron chi connectivity index (χ1n) is 4.62. The maximum Gasteiger partial charge on any atom is 0.170 e. The lowest BCUT2D eigenvalue weighted by Crippen LogP contribution is -2.07. The molecule has 0 aromatic rings. The minimum absolute atomic E-state index is 0.129. The molecule has 0 aliphatic carbocycles. The van der Waals surface area contributed by atoms with Crippen molar-refractivity contribution in [2.45, 2.75) is 20.3 Å². The molecule has 0 amide bonds. The molecule has 0 bridgehead atoms. The third kappa shape index (κ3) is 6.18. The van der Waals surface area contributed by atoms with Gasteiger partial charge in [-0.15, -0.1) is 0 Å². The monoisotopic (exact) mass is 232 g/mol. The van der Waals surface area contributed by atoms with Gasteiger partial charge in [-0.25, -0.2) is 4.39 Å². The van der Waals surface area contributed by atoms with Crippen molar-refractivity contribution in [3.05, 3.63) is 23.3 Å². The van der Waals surface area contributed by atoms with E-state index in [4.69, 9.17) is 11.6 Å².